The fraction of sp³-hybridized carbons (Fsp3) is 0.686. The Balaban J connectivity index is 1.13. The van der Waals surface area contributed by atoms with Crippen molar-refractivity contribution in [3.63, 3.8) is 0 Å². The summed E-state index contributed by atoms with van der Waals surface area (Å²) in [4.78, 5) is 29.7. The van der Waals surface area contributed by atoms with Gasteiger partial charge in [-0.05, 0) is 145 Å². The lowest BCUT2D eigenvalue weighted by Gasteiger charge is -2.70. The lowest BCUT2D eigenvalue weighted by Crippen LogP contribution is -2.66. The molecule has 0 unspecified atom stereocenters. The first-order chi connectivity index (χ1) is 28.4. The zero-order valence-corrected chi connectivity index (χ0v) is 39.4. The highest BCUT2D eigenvalue weighted by Crippen LogP contribution is 2.75. The summed E-state index contributed by atoms with van der Waals surface area (Å²) in [6.07, 6.45) is 8.47. The summed E-state index contributed by atoms with van der Waals surface area (Å²) < 4.78 is 34.8. The molecule has 4 fully saturated rings. The van der Waals surface area contributed by atoms with E-state index in [2.05, 4.69) is 59.9 Å². The van der Waals surface area contributed by atoms with Gasteiger partial charge in [-0.3, -0.25) is 9.59 Å². The van der Waals surface area contributed by atoms with E-state index in [1.165, 1.54) is 29.1 Å². The van der Waals surface area contributed by atoms with Crippen LogP contribution >= 0.6 is 0 Å². The van der Waals surface area contributed by atoms with Crippen LogP contribution in [0.1, 0.15) is 126 Å². The van der Waals surface area contributed by atoms with Crippen LogP contribution < -0.4 is 10.1 Å². The van der Waals surface area contributed by atoms with Gasteiger partial charge in [0.1, 0.15) is 5.75 Å². The Labute approximate surface area is 366 Å². The number of methoxy groups -OCH3 is 1. The molecule has 2 aromatic carbocycles. The van der Waals surface area contributed by atoms with E-state index >= 15 is 0 Å². The van der Waals surface area contributed by atoms with Gasteiger partial charge in [-0.1, -0.05) is 98.2 Å². The second-order valence-corrected chi connectivity index (χ2v) is 24.3. The van der Waals surface area contributed by atoms with Crippen molar-refractivity contribution < 1.29 is 33.0 Å². The Morgan fingerprint density at radius 3 is 2.20 bits per heavy atom. The van der Waals surface area contributed by atoms with Crippen LogP contribution in [0, 0.1) is 56.2 Å². The molecule has 0 heterocycles. The van der Waals surface area contributed by atoms with E-state index < -0.39 is 27.6 Å². The Morgan fingerprint density at radius 2 is 1.56 bits per heavy atom. The van der Waals surface area contributed by atoms with Crippen molar-refractivity contribution in [1.82, 2.24) is 9.62 Å². The summed E-state index contributed by atoms with van der Waals surface area (Å²) in [5, 5.41) is 26.5. The highest BCUT2D eigenvalue weighted by Gasteiger charge is 2.70. The van der Waals surface area contributed by atoms with Gasteiger partial charge >= 0.3 is 0 Å². The summed E-state index contributed by atoms with van der Waals surface area (Å²) in [5.41, 5.74) is 0.555. The van der Waals surface area contributed by atoms with Gasteiger partial charge in [0.2, 0.25) is 15.9 Å². The van der Waals surface area contributed by atoms with E-state index in [1.54, 1.807) is 12.1 Å². The van der Waals surface area contributed by atoms with Gasteiger partial charge < -0.3 is 20.3 Å². The molecule has 11 atom stereocenters. The molecule has 3 N–H and O–H groups in total. The van der Waals surface area contributed by atoms with Crippen LogP contribution in [0.25, 0.3) is 0 Å². The number of carbonyl (C=O) groups excluding carboxylic acids is 2. The van der Waals surface area contributed by atoms with Crippen LogP contribution in [0.5, 0.6) is 5.75 Å². The van der Waals surface area contributed by atoms with Gasteiger partial charge in [0.05, 0.1) is 30.3 Å². The number of rotatable bonds is 12. The molecule has 0 saturated heterocycles. The molecule has 4 saturated carbocycles. The summed E-state index contributed by atoms with van der Waals surface area (Å²) in [6.45, 7) is 19.9. The lowest BCUT2D eigenvalue weighted by molar-refractivity contribution is -0.202. The number of sulfonamides is 1. The molecule has 61 heavy (non-hydrogen) atoms. The summed E-state index contributed by atoms with van der Waals surface area (Å²) in [5.74, 6) is 1.07. The number of hydrogen-bond donors (Lipinski definition) is 3. The third kappa shape index (κ3) is 7.75. The Kier molecular flexibility index (Phi) is 12.2. The highest BCUT2D eigenvalue weighted by molar-refractivity contribution is 7.89. The largest absolute Gasteiger partial charge is 0.497 e. The van der Waals surface area contributed by atoms with Crippen LogP contribution in [0.15, 0.2) is 71.1 Å². The smallest absolute Gasteiger partial charge is 0.243 e. The number of allylic oxidation sites excluding steroid dienone is 2. The van der Waals surface area contributed by atoms with Gasteiger partial charge in [-0.15, -0.1) is 0 Å². The quantitative estimate of drug-likeness (QED) is 0.195. The van der Waals surface area contributed by atoms with Crippen molar-refractivity contribution in [2.24, 2.45) is 56.2 Å². The Bertz CT molecular complexity index is 2100. The molecule has 5 aliphatic carbocycles. The zero-order valence-electron chi connectivity index (χ0n) is 38.6. The van der Waals surface area contributed by atoms with Crippen molar-refractivity contribution in [3.8, 4) is 5.75 Å². The SMILES string of the molecule is COc1ccc(S(=O)(=O)N(CC(C)C)C[C@@H](O)[C@H](Cc2ccccc2)NC(=O)[C@]2(C)CC[C@H]3C4=CC(=O)[C@@H]5[C@@]6(C)CC[C@H](O)C(C)(C)[C@@H]6CC[C@@]5(C)[C@]4(C)CC[C@@]3(C)C2)cc1. The van der Waals surface area contributed by atoms with Crippen molar-refractivity contribution in [2.75, 3.05) is 20.2 Å². The first-order valence-electron chi connectivity index (χ1n) is 23.1. The van der Waals surface area contributed by atoms with Crippen molar-refractivity contribution in [3.05, 3.63) is 71.8 Å². The van der Waals surface area contributed by atoms with Gasteiger partial charge in [0.15, 0.2) is 5.78 Å². The molecule has 5 aliphatic rings. The number of nitrogens with zero attached hydrogens (tertiary/aromatic N) is 1. The Hall–Kier alpha value is -3.05. The third-order valence-corrected chi connectivity index (χ3v) is 19.6. The number of ether oxygens (including phenoxy) is 1. The Morgan fingerprint density at radius 1 is 0.885 bits per heavy atom. The van der Waals surface area contributed by atoms with Crippen LogP contribution in [0.2, 0.25) is 0 Å². The van der Waals surface area contributed by atoms with E-state index in [0.717, 1.165) is 50.5 Å². The fourth-order valence-electron chi connectivity index (χ4n) is 14.2. The third-order valence-electron chi connectivity index (χ3n) is 17.7. The second kappa shape index (κ2) is 16.2. The molecule has 1 amide bonds. The van der Waals surface area contributed by atoms with E-state index in [0.29, 0.717) is 25.0 Å². The maximum Gasteiger partial charge on any atom is 0.243 e. The fourth-order valence-corrected chi connectivity index (χ4v) is 15.8. The molecule has 0 aromatic heterocycles. The minimum atomic E-state index is -3.99. The molecule has 0 bridgehead atoms. The number of aliphatic hydroxyl groups excluding tert-OH is 2. The van der Waals surface area contributed by atoms with E-state index in [9.17, 15) is 28.2 Å². The highest BCUT2D eigenvalue weighted by atomic mass is 32.2. The number of carbonyl (C=O) groups is 2. The van der Waals surface area contributed by atoms with E-state index in [-0.39, 0.29) is 86.5 Å². The monoisotopic (exact) mass is 859 g/mol. The van der Waals surface area contributed by atoms with Crippen LogP contribution in [0.4, 0.5) is 0 Å². The number of fused-ring (bicyclic) bond motifs is 7. The predicted octanol–water partition coefficient (Wildman–Crippen LogP) is 8.77. The number of ketones is 1. The lowest BCUT2D eigenvalue weighted by atomic mass is 9.33. The predicted molar refractivity (Wildman–Crippen MR) is 240 cm³/mol. The normalized spacial score (nSPS) is 36.8. The number of benzene rings is 2. The minimum Gasteiger partial charge on any atom is -0.497 e. The molecular weight excluding hydrogens is 785 g/mol. The number of amides is 1. The van der Waals surface area contributed by atoms with Crippen molar-refractivity contribution in [1.29, 1.82) is 0 Å². The molecule has 9 nitrogen and oxygen atoms in total. The molecule has 0 radical (unpaired) electrons. The maximum atomic E-state index is 14.8. The van der Waals surface area contributed by atoms with Crippen LogP contribution in [-0.2, 0) is 26.0 Å². The molecule has 0 aliphatic heterocycles. The maximum absolute atomic E-state index is 14.8. The molecular formula is C51H74N2O7S. The van der Waals surface area contributed by atoms with Crippen molar-refractivity contribution in [2.45, 2.75) is 150 Å². The van der Waals surface area contributed by atoms with E-state index in [4.69, 9.17) is 4.74 Å². The second-order valence-electron chi connectivity index (χ2n) is 22.4. The molecule has 2 aromatic rings. The standard InChI is InChI=1S/C51H74N2O7S/c1-33(2)30-53(61(58,59)36-18-16-35(60-10)17-19-36)31-41(55)39(28-34-14-12-11-13-15-34)52-45(57)48(6)23-20-37-38-29-40(54)44-49(7)24-22-43(56)46(3,4)42(49)21-25-51(44,9)50(38,8)27-26-47(37,5)32-48/h11-19,29,33,37,39,41-44,55-56H,20-28,30-32H2,1-10H3,(H,52,57)/t37-,39-,41+,42-,43-,44+,47-,48+,49-,50+,51+/m0/s1. The topological polar surface area (TPSA) is 133 Å². The van der Waals surface area contributed by atoms with Gasteiger partial charge in [0.25, 0.3) is 0 Å². The molecule has 336 valence electrons. The molecule has 0 spiro atoms. The summed E-state index contributed by atoms with van der Waals surface area (Å²) in [7, 11) is -2.46. The zero-order chi connectivity index (χ0) is 44.6. The summed E-state index contributed by atoms with van der Waals surface area (Å²) >= 11 is 0. The molecule has 10 heteroatoms. The number of aliphatic hydroxyl groups is 2. The van der Waals surface area contributed by atoms with Gasteiger partial charge in [-0.2, -0.15) is 4.31 Å². The number of hydrogen-bond acceptors (Lipinski definition) is 7. The first-order valence-corrected chi connectivity index (χ1v) is 24.5. The molecule has 7 rings (SSSR count). The average molecular weight is 859 g/mol. The van der Waals surface area contributed by atoms with Crippen molar-refractivity contribution >= 4 is 21.7 Å². The van der Waals surface area contributed by atoms with E-state index in [1.807, 2.05) is 44.2 Å². The minimum absolute atomic E-state index is 0.0100. The van der Waals surface area contributed by atoms with Gasteiger partial charge in [-0.25, -0.2) is 8.42 Å². The number of nitrogens with one attached hydrogen (secondary N) is 1. The van der Waals surface area contributed by atoms with Crippen LogP contribution in [0.3, 0.4) is 0 Å². The van der Waals surface area contributed by atoms with Gasteiger partial charge in [0, 0.05) is 24.4 Å². The first kappa shape index (κ1) is 46.0. The van der Waals surface area contributed by atoms with Crippen LogP contribution in [-0.4, -0.2) is 73.1 Å². The summed E-state index contributed by atoms with van der Waals surface area (Å²) in [6, 6.07) is 15.3. The average Bonchev–Trinajstić information content (AvgIpc) is 3.19.